The monoisotopic (exact) mass is 499 g/mol. The van der Waals surface area contributed by atoms with Gasteiger partial charge in [-0.05, 0) is 35.6 Å². The smallest absolute Gasteiger partial charge is 0.332 e. The minimum absolute atomic E-state index is 0.0676. The van der Waals surface area contributed by atoms with E-state index in [9.17, 15) is 14.4 Å². The molecule has 0 fully saturated rings. The quantitative estimate of drug-likeness (QED) is 0.299. The molecule has 0 spiro atoms. The SMILES string of the molecule is CCCCn1c(=O)n(CCCc2nc(Cc3cccc(CC(N)=O)c3)no2)c(=O)c2[nH]c(Cl)nc21. The summed E-state index contributed by atoms with van der Waals surface area (Å²) in [6.45, 7) is 2.65. The number of aromatic amines is 1. The number of hydrogen-bond donors (Lipinski definition) is 2. The van der Waals surface area contributed by atoms with Crippen molar-refractivity contribution < 1.29 is 9.32 Å². The zero-order valence-electron chi connectivity index (χ0n) is 19.3. The number of carbonyl (C=O) groups excluding carboxylic acids is 1. The van der Waals surface area contributed by atoms with Crippen LogP contribution in [0.4, 0.5) is 0 Å². The summed E-state index contributed by atoms with van der Waals surface area (Å²) >= 11 is 5.96. The number of carbonyl (C=O) groups is 1. The zero-order chi connectivity index (χ0) is 24.9. The molecule has 0 aliphatic carbocycles. The van der Waals surface area contributed by atoms with Gasteiger partial charge in [-0.3, -0.25) is 18.7 Å². The molecule has 4 rings (SSSR count). The van der Waals surface area contributed by atoms with Gasteiger partial charge in [-0.1, -0.05) is 42.8 Å². The van der Waals surface area contributed by atoms with Crippen molar-refractivity contribution in [2.45, 2.75) is 58.5 Å². The molecule has 0 aliphatic rings. The lowest BCUT2D eigenvalue weighted by Crippen LogP contribution is -2.40. The van der Waals surface area contributed by atoms with Gasteiger partial charge in [-0.2, -0.15) is 9.97 Å². The van der Waals surface area contributed by atoms with Gasteiger partial charge in [0.05, 0.1) is 6.42 Å². The maximum Gasteiger partial charge on any atom is 0.332 e. The lowest BCUT2D eigenvalue weighted by Gasteiger charge is -2.10. The molecule has 1 amide bonds. The van der Waals surface area contributed by atoms with Gasteiger partial charge in [0.15, 0.2) is 17.0 Å². The average molecular weight is 500 g/mol. The number of amides is 1. The van der Waals surface area contributed by atoms with Gasteiger partial charge in [0.1, 0.15) is 0 Å². The molecule has 0 bridgehead atoms. The molecule has 3 N–H and O–H groups in total. The van der Waals surface area contributed by atoms with E-state index in [1.165, 1.54) is 9.13 Å². The number of unbranched alkanes of at least 4 members (excludes halogenated alkanes) is 1. The molecule has 0 radical (unpaired) electrons. The van der Waals surface area contributed by atoms with Crippen LogP contribution in [0.1, 0.15) is 49.0 Å². The van der Waals surface area contributed by atoms with Crippen molar-refractivity contribution in [2.24, 2.45) is 5.73 Å². The van der Waals surface area contributed by atoms with E-state index in [1.54, 1.807) is 0 Å². The van der Waals surface area contributed by atoms with Crippen LogP contribution in [0.5, 0.6) is 0 Å². The third-order valence-corrected chi connectivity index (χ3v) is 5.76. The van der Waals surface area contributed by atoms with Crippen LogP contribution < -0.4 is 17.0 Å². The van der Waals surface area contributed by atoms with E-state index in [1.807, 2.05) is 31.2 Å². The molecule has 0 aliphatic heterocycles. The van der Waals surface area contributed by atoms with E-state index in [-0.39, 0.29) is 29.4 Å². The highest BCUT2D eigenvalue weighted by Gasteiger charge is 2.17. The number of hydrogen-bond acceptors (Lipinski definition) is 7. The Morgan fingerprint density at radius 2 is 1.91 bits per heavy atom. The summed E-state index contributed by atoms with van der Waals surface area (Å²) in [5, 5.41) is 4.08. The number of benzene rings is 1. The number of nitrogens with one attached hydrogen (secondary N) is 1. The lowest BCUT2D eigenvalue weighted by atomic mass is 10.1. The first kappa shape index (κ1) is 24.4. The van der Waals surface area contributed by atoms with Gasteiger partial charge in [-0.15, -0.1) is 0 Å². The number of imidazole rings is 1. The predicted octanol–water partition coefficient (Wildman–Crippen LogP) is 1.97. The van der Waals surface area contributed by atoms with Gasteiger partial charge in [0.25, 0.3) is 5.56 Å². The zero-order valence-corrected chi connectivity index (χ0v) is 20.0. The van der Waals surface area contributed by atoms with Crippen molar-refractivity contribution in [2.75, 3.05) is 0 Å². The minimum Gasteiger partial charge on any atom is -0.369 e. The number of nitrogens with zero attached hydrogens (tertiary/aromatic N) is 5. The number of fused-ring (bicyclic) bond motifs is 1. The Bertz CT molecular complexity index is 1470. The first-order chi connectivity index (χ1) is 16.9. The Balaban J connectivity index is 1.45. The van der Waals surface area contributed by atoms with Crippen molar-refractivity contribution >= 4 is 28.7 Å². The maximum absolute atomic E-state index is 13.0. The Morgan fingerprint density at radius 1 is 1.14 bits per heavy atom. The Morgan fingerprint density at radius 3 is 2.69 bits per heavy atom. The summed E-state index contributed by atoms with van der Waals surface area (Å²) in [7, 11) is 0. The molecule has 3 aromatic heterocycles. The number of H-pyrrole nitrogens is 1. The third kappa shape index (κ3) is 5.68. The van der Waals surface area contributed by atoms with Gasteiger partial charge < -0.3 is 15.2 Å². The van der Waals surface area contributed by atoms with Crippen LogP contribution in [-0.4, -0.2) is 35.1 Å². The first-order valence-electron chi connectivity index (χ1n) is 11.4. The Labute approximate surface area is 204 Å². The maximum atomic E-state index is 13.0. The number of aromatic nitrogens is 6. The van der Waals surface area contributed by atoms with Crippen LogP contribution >= 0.6 is 11.6 Å². The fourth-order valence-electron chi connectivity index (χ4n) is 3.94. The largest absolute Gasteiger partial charge is 0.369 e. The van der Waals surface area contributed by atoms with Gasteiger partial charge in [0, 0.05) is 25.9 Å². The molecule has 11 nitrogen and oxygen atoms in total. The fraction of sp³-hybridized carbons (Fsp3) is 0.391. The van der Waals surface area contributed by atoms with E-state index >= 15 is 0 Å². The van der Waals surface area contributed by atoms with E-state index in [4.69, 9.17) is 21.9 Å². The number of primary amides is 1. The molecule has 3 heterocycles. The van der Waals surface area contributed by atoms with Crippen LogP contribution in [-0.2, 0) is 37.1 Å². The molecule has 12 heteroatoms. The van der Waals surface area contributed by atoms with E-state index < -0.39 is 17.2 Å². The van der Waals surface area contributed by atoms with Crippen LogP contribution in [0.15, 0.2) is 38.4 Å². The highest BCUT2D eigenvalue weighted by molar-refractivity contribution is 6.28. The van der Waals surface area contributed by atoms with Crippen LogP contribution in [0.3, 0.4) is 0 Å². The molecule has 0 atom stereocenters. The van der Waals surface area contributed by atoms with Gasteiger partial charge in [-0.25, -0.2) is 4.79 Å². The Kier molecular flexibility index (Phi) is 7.45. The highest BCUT2D eigenvalue weighted by atomic mass is 35.5. The van der Waals surface area contributed by atoms with E-state index in [0.717, 1.165) is 24.0 Å². The summed E-state index contributed by atoms with van der Waals surface area (Å²) in [4.78, 5) is 48.3. The lowest BCUT2D eigenvalue weighted by molar-refractivity contribution is -0.117. The molecule has 184 valence electrons. The van der Waals surface area contributed by atoms with Crippen molar-refractivity contribution in [1.82, 2.24) is 29.2 Å². The minimum atomic E-state index is -0.459. The molecular weight excluding hydrogens is 474 g/mol. The molecule has 4 aromatic rings. The van der Waals surface area contributed by atoms with E-state index in [0.29, 0.717) is 37.5 Å². The van der Waals surface area contributed by atoms with Crippen LogP contribution in [0.2, 0.25) is 5.28 Å². The fourth-order valence-corrected chi connectivity index (χ4v) is 4.11. The van der Waals surface area contributed by atoms with Gasteiger partial charge in [0.2, 0.25) is 17.1 Å². The van der Waals surface area contributed by atoms with Crippen molar-refractivity contribution in [3.63, 3.8) is 0 Å². The molecule has 0 saturated carbocycles. The summed E-state index contributed by atoms with van der Waals surface area (Å²) < 4.78 is 8.02. The van der Waals surface area contributed by atoms with Gasteiger partial charge >= 0.3 is 5.69 Å². The van der Waals surface area contributed by atoms with Crippen LogP contribution in [0.25, 0.3) is 11.2 Å². The molecule has 0 saturated heterocycles. The second-order valence-electron chi connectivity index (χ2n) is 8.32. The first-order valence-corrected chi connectivity index (χ1v) is 11.8. The number of rotatable bonds is 11. The standard InChI is InChI=1S/C23H26ClN7O4/c1-2-3-9-30-20-19(27-22(24)28-20)21(33)31(23(30)34)10-5-8-18-26-17(29-35-18)13-15-7-4-6-14(11-15)12-16(25)32/h4,6-7,11H,2-3,5,8-10,12-13H2,1H3,(H2,25,32)(H,27,28). The summed E-state index contributed by atoms with van der Waals surface area (Å²) in [6, 6.07) is 7.48. The third-order valence-electron chi connectivity index (χ3n) is 5.58. The van der Waals surface area contributed by atoms with Crippen LogP contribution in [0, 0.1) is 0 Å². The second kappa shape index (κ2) is 10.7. The summed E-state index contributed by atoms with van der Waals surface area (Å²) in [6.07, 6.45) is 3.12. The molecular formula is C23H26ClN7O4. The Hall–Kier alpha value is -3.73. The molecule has 1 aromatic carbocycles. The number of aryl methyl sites for hydroxylation is 2. The summed E-state index contributed by atoms with van der Waals surface area (Å²) in [5.74, 6) is 0.525. The average Bonchev–Trinajstić information content (AvgIpc) is 3.42. The second-order valence-corrected chi connectivity index (χ2v) is 8.68. The van der Waals surface area contributed by atoms with Crippen molar-refractivity contribution in [3.05, 3.63) is 73.2 Å². The molecule has 35 heavy (non-hydrogen) atoms. The van der Waals surface area contributed by atoms with Crippen molar-refractivity contribution in [3.8, 4) is 0 Å². The normalized spacial score (nSPS) is 11.4. The highest BCUT2D eigenvalue weighted by Crippen LogP contribution is 2.12. The predicted molar refractivity (Wildman–Crippen MR) is 129 cm³/mol. The number of nitrogens with two attached hydrogens (primary N) is 1. The van der Waals surface area contributed by atoms with E-state index in [2.05, 4.69) is 20.1 Å². The molecule has 0 unspecified atom stereocenters. The topological polar surface area (TPSA) is 155 Å². The number of halogens is 1. The van der Waals surface area contributed by atoms with Crippen molar-refractivity contribution in [1.29, 1.82) is 0 Å². The summed E-state index contributed by atoms with van der Waals surface area (Å²) in [5.41, 5.74) is 6.63.